The maximum Gasteiger partial charge on any atom is 0.366 e. The van der Waals surface area contributed by atoms with Crippen molar-refractivity contribution in [2.24, 2.45) is 0 Å². The van der Waals surface area contributed by atoms with E-state index in [1.165, 1.54) is 70.6 Å². The molecule has 1 unspecified atom stereocenters. The molecule has 0 saturated heterocycles. The van der Waals surface area contributed by atoms with Crippen molar-refractivity contribution in [2.75, 3.05) is 0 Å². The second-order valence-corrected chi connectivity index (χ2v) is 9.09. The van der Waals surface area contributed by atoms with Crippen molar-refractivity contribution < 1.29 is 19.7 Å². The number of ether oxygens (including phenoxy) is 1. The van der Waals surface area contributed by atoms with E-state index in [1.54, 1.807) is 0 Å². The molecule has 0 aliphatic rings. The molecule has 0 aliphatic heterocycles. The molecule has 1 atom stereocenters. The second-order valence-electron chi connectivity index (χ2n) is 9.09. The molecular formula is C26H52O4. The zero-order chi connectivity index (χ0) is 22.5. The molecule has 0 aromatic rings. The van der Waals surface area contributed by atoms with E-state index in [4.69, 9.17) is 4.74 Å². The molecule has 0 fully saturated rings. The van der Waals surface area contributed by atoms with Crippen molar-refractivity contribution >= 4 is 5.97 Å². The molecule has 0 spiro atoms. The summed E-state index contributed by atoms with van der Waals surface area (Å²) in [5.74, 6) is -3.21. The van der Waals surface area contributed by atoms with Crippen molar-refractivity contribution in [3.8, 4) is 0 Å². The van der Waals surface area contributed by atoms with Crippen LogP contribution in [-0.4, -0.2) is 28.1 Å². The van der Waals surface area contributed by atoms with Crippen molar-refractivity contribution in [3.05, 3.63) is 0 Å². The second kappa shape index (κ2) is 20.3. The molecule has 4 heteroatoms. The molecule has 0 rings (SSSR count). The quantitative estimate of drug-likeness (QED) is 0.107. The van der Waals surface area contributed by atoms with Crippen LogP contribution in [0, 0.1) is 0 Å². The van der Waals surface area contributed by atoms with E-state index in [0.29, 0.717) is 12.8 Å². The van der Waals surface area contributed by atoms with Crippen LogP contribution in [0.4, 0.5) is 0 Å². The molecule has 4 nitrogen and oxygen atoms in total. The van der Waals surface area contributed by atoms with Crippen LogP contribution in [-0.2, 0) is 9.53 Å². The lowest BCUT2D eigenvalue weighted by molar-refractivity contribution is -0.217. The summed E-state index contributed by atoms with van der Waals surface area (Å²) in [5, 5.41) is 20.1. The lowest BCUT2D eigenvalue weighted by atomic mass is 10.0. The van der Waals surface area contributed by atoms with E-state index in [1.807, 2.05) is 6.92 Å². The van der Waals surface area contributed by atoms with Crippen LogP contribution in [0.25, 0.3) is 0 Å². The highest BCUT2D eigenvalue weighted by Gasteiger charge is 2.35. The third-order valence-electron chi connectivity index (χ3n) is 6.06. The summed E-state index contributed by atoms with van der Waals surface area (Å²) in [4.78, 5) is 12.1. The lowest BCUT2D eigenvalue weighted by Gasteiger charge is -2.23. The molecule has 0 bridgehead atoms. The first-order valence-corrected chi connectivity index (χ1v) is 13.1. The van der Waals surface area contributed by atoms with Crippen LogP contribution < -0.4 is 0 Å². The number of carbonyl (C=O) groups is 1. The number of rotatable bonds is 22. The Bertz CT molecular complexity index is 381. The molecule has 0 radical (unpaired) electrons. The Labute approximate surface area is 187 Å². The van der Waals surface area contributed by atoms with Crippen LogP contribution in [0.15, 0.2) is 0 Å². The Kier molecular flexibility index (Phi) is 19.9. The first-order chi connectivity index (χ1) is 14.5. The number of hydrogen-bond acceptors (Lipinski definition) is 4. The molecule has 0 saturated carbocycles. The summed E-state index contributed by atoms with van der Waals surface area (Å²) >= 11 is 0. The Morgan fingerprint density at radius 3 is 1.50 bits per heavy atom. The van der Waals surface area contributed by atoms with Gasteiger partial charge in [0.15, 0.2) is 0 Å². The Balaban J connectivity index is 3.65. The van der Waals surface area contributed by atoms with Gasteiger partial charge in [-0.15, -0.1) is 0 Å². The van der Waals surface area contributed by atoms with Gasteiger partial charge in [0, 0.05) is 6.42 Å². The van der Waals surface area contributed by atoms with Gasteiger partial charge in [-0.3, -0.25) is 0 Å². The van der Waals surface area contributed by atoms with Crippen LogP contribution in [0.2, 0.25) is 0 Å². The van der Waals surface area contributed by atoms with Gasteiger partial charge in [0.25, 0.3) is 5.79 Å². The zero-order valence-corrected chi connectivity index (χ0v) is 20.4. The molecule has 0 amide bonds. The minimum atomic E-state index is -2.34. The summed E-state index contributed by atoms with van der Waals surface area (Å²) in [6.45, 7) is 6.36. The van der Waals surface area contributed by atoms with Crippen LogP contribution in [0.3, 0.4) is 0 Å². The number of unbranched alkanes of at least 4 members (excludes halogenated alkanes) is 15. The van der Waals surface area contributed by atoms with Gasteiger partial charge in [-0.25, -0.2) is 4.79 Å². The molecule has 0 aromatic heterocycles. The van der Waals surface area contributed by atoms with Gasteiger partial charge in [-0.1, -0.05) is 117 Å². The summed E-state index contributed by atoms with van der Waals surface area (Å²) in [7, 11) is 0. The van der Waals surface area contributed by atoms with E-state index in [2.05, 4.69) is 13.8 Å². The smallest absolute Gasteiger partial charge is 0.366 e. The van der Waals surface area contributed by atoms with Gasteiger partial charge in [-0.2, -0.15) is 0 Å². The van der Waals surface area contributed by atoms with E-state index < -0.39 is 11.8 Å². The molecule has 2 N–H and O–H groups in total. The largest absolute Gasteiger partial charge is 0.458 e. The fraction of sp³-hybridized carbons (Fsp3) is 0.962. The highest BCUT2D eigenvalue weighted by atomic mass is 16.6. The first-order valence-electron chi connectivity index (χ1n) is 13.1. The average molecular weight is 429 g/mol. The normalized spacial score (nSPS) is 12.8. The van der Waals surface area contributed by atoms with Crippen molar-refractivity contribution in [1.82, 2.24) is 0 Å². The monoisotopic (exact) mass is 428 g/mol. The summed E-state index contributed by atoms with van der Waals surface area (Å²) < 4.78 is 5.34. The molecule has 180 valence electrons. The predicted octanol–water partition coefficient (Wildman–Crippen LogP) is 7.44. The minimum Gasteiger partial charge on any atom is -0.458 e. The Hall–Kier alpha value is -0.610. The molecule has 0 aromatic carbocycles. The Morgan fingerprint density at radius 1 is 0.667 bits per heavy atom. The number of aliphatic hydroxyl groups is 2. The van der Waals surface area contributed by atoms with E-state index in [0.717, 1.165) is 38.5 Å². The Morgan fingerprint density at radius 2 is 1.07 bits per heavy atom. The minimum absolute atomic E-state index is 0.0647. The molecule has 30 heavy (non-hydrogen) atoms. The molecule has 0 heterocycles. The van der Waals surface area contributed by atoms with Crippen molar-refractivity contribution in [3.63, 3.8) is 0 Å². The highest BCUT2D eigenvalue weighted by molar-refractivity contribution is 5.77. The van der Waals surface area contributed by atoms with Gasteiger partial charge in [-0.05, 0) is 25.7 Å². The lowest BCUT2D eigenvalue weighted by Crippen LogP contribution is -2.41. The van der Waals surface area contributed by atoms with Crippen LogP contribution >= 0.6 is 0 Å². The molecular weight excluding hydrogens is 376 g/mol. The van der Waals surface area contributed by atoms with Gasteiger partial charge in [0.05, 0.1) is 0 Å². The fourth-order valence-electron chi connectivity index (χ4n) is 3.88. The summed E-state index contributed by atoms with van der Waals surface area (Å²) in [6, 6.07) is 0. The van der Waals surface area contributed by atoms with Crippen molar-refractivity contribution in [1.29, 1.82) is 0 Å². The highest BCUT2D eigenvalue weighted by Crippen LogP contribution is 2.19. The maximum atomic E-state index is 12.1. The van der Waals surface area contributed by atoms with Gasteiger partial charge < -0.3 is 14.9 Å². The third kappa shape index (κ3) is 17.1. The number of hydrogen-bond donors (Lipinski definition) is 2. The zero-order valence-electron chi connectivity index (χ0n) is 20.4. The van der Waals surface area contributed by atoms with Crippen molar-refractivity contribution in [2.45, 2.75) is 161 Å². The summed E-state index contributed by atoms with van der Waals surface area (Å²) in [6.07, 6.45) is 22.0. The predicted molar refractivity (Wildman–Crippen MR) is 126 cm³/mol. The summed E-state index contributed by atoms with van der Waals surface area (Å²) in [5.41, 5.74) is 0. The molecule has 0 aliphatic carbocycles. The SMILES string of the molecule is CCCCCCCCCCCCCCCCC(O)(O)C(=O)OC(CC)CCCCC. The third-order valence-corrected chi connectivity index (χ3v) is 6.06. The average Bonchev–Trinajstić information content (AvgIpc) is 2.73. The van der Waals surface area contributed by atoms with Gasteiger partial charge >= 0.3 is 5.97 Å². The van der Waals surface area contributed by atoms with Crippen LogP contribution in [0.5, 0.6) is 0 Å². The van der Waals surface area contributed by atoms with E-state index >= 15 is 0 Å². The van der Waals surface area contributed by atoms with E-state index in [-0.39, 0.29) is 12.5 Å². The van der Waals surface area contributed by atoms with Crippen LogP contribution in [0.1, 0.15) is 149 Å². The topological polar surface area (TPSA) is 66.8 Å². The van der Waals surface area contributed by atoms with E-state index in [9.17, 15) is 15.0 Å². The fourth-order valence-corrected chi connectivity index (χ4v) is 3.88. The van der Waals surface area contributed by atoms with Gasteiger partial charge in [0.1, 0.15) is 6.10 Å². The number of carbonyl (C=O) groups excluding carboxylic acids is 1. The maximum absolute atomic E-state index is 12.1. The number of esters is 1. The first kappa shape index (κ1) is 29.4. The van der Waals surface area contributed by atoms with Gasteiger partial charge in [0.2, 0.25) is 0 Å². The standard InChI is InChI=1S/C26H52O4/c1-4-7-9-10-11-12-13-14-15-16-17-18-19-21-23-26(28,29)25(27)30-24(6-3)22-20-8-5-2/h24,28-29H,4-23H2,1-3H3.